The molecule has 7 heteroatoms. The Labute approximate surface area is 106 Å². The number of nitrogens with one attached hydrogen (secondary N) is 1. The van der Waals surface area contributed by atoms with Gasteiger partial charge in [-0.25, -0.2) is 0 Å². The van der Waals surface area contributed by atoms with E-state index >= 15 is 0 Å². The molecule has 1 heterocycles. The maximum Gasteiger partial charge on any atom is 0.390 e. The third-order valence-electron chi connectivity index (χ3n) is 1.84. The van der Waals surface area contributed by atoms with E-state index in [1.54, 1.807) is 6.07 Å². The minimum atomic E-state index is -4.26. The second kappa shape index (κ2) is 6.42. The van der Waals surface area contributed by atoms with Crippen molar-refractivity contribution in [2.24, 2.45) is 5.73 Å². The van der Waals surface area contributed by atoms with Crippen LogP contribution in [0.3, 0.4) is 0 Å². The summed E-state index contributed by atoms with van der Waals surface area (Å²) in [5.41, 5.74) is 5.19. The van der Waals surface area contributed by atoms with Gasteiger partial charge in [0.2, 0.25) is 0 Å². The van der Waals surface area contributed by atoms with Crippen LogP contribution in [0, 0.1) is 11.8 Å². The van der Waals surface area contributed by atoms with Gasteiger partial charge in [0.25, 0.3) is 5.91 Å². The average molecular weight is 276 g/mol. The molecule has 1 aromatic heterocycles. The number of hydrogen-bond donors (Lipinski definition) is 2. The van der Waals surface area contributed by atoms with E-state index in [0.29, 0.717) is 9.75 Å². The minimum absolute atomic E-state index is 0.213. The van der Waals surface area contributed by atoms with Crippen LogP contribution >= 0.6 is 11.3 Å². The monoisotopic (exact) mass is 276 g/mol. The fraction of sp³-hybridized carbons (Fsp3) is 0.364. The van der Waals surface area contributed by atoms with Crippen LogP contribution in [0.15, 0.2) is 12.1 Å². The van der Waals surface area contributed by atoms with Crippen molar-refractivity contribution in [2.45, 2.75) is 12.6 Å². The number of alkyl halides is 3. The van der Waals surface area contributed by atoms with Crippen molar-refractivity contribution in [1.82, 2.24) is 5.32 Å². The highest BCUT2D eigenvalue weighted by Crippen LogP contribution is 2.19. The third kappa shape index (κ3) is 5.21. The van der Waals surface area contributed by atoms with Gasteiger partial charge in [-0.2, -0.15) is 13.2 Å². The van der Waals surface area contributed by atoms with E-state index in [2.05, 4.69) is 17.2 Å². The average Bonchev–Trinajstić information content (AvgIpc) is 2.73. The second-order valence-corrected chi connectivity index (χ2v) is 4.37. The third-order valence-corrected chi connectivity index (χ3v) is 2.84. The van der Waals surface area contributed by atoms with Gasteiger partial charge in [-0.1, -0.05) is 11.8 Å². The molecule has 0 saturated carbocycles. The van der Waals surface area contributed by atoms with Crippen molar-refractivity contribution < 1.29 is 18.0 Å². The first kappa shape index (κ1) is 14.5. The Balaban J connectivity index is 2.49. The number of hydrogen-bond acceptors (Lipinski definition) is 3. The summed E-state index contributed by atoms with van der Waals surface area (Å²) in [7, 11) is 0. The largest absolute Gasteiger partial charge is 0.390 e. The van der Waals surface area contributed by atoms with E-state index in [0.717, 1.165) is 11.3 Å². The van der Waals surface area contributed by atoms with Gasteiger partial charge in [-0.3, -0.25) is 4.79 Å². The van der Waals surface area contributed by atoms with E-state index in [9.17, 15) is 18.0 Å². The summed E-state index contributed by atoms with van der Waals surface area (Å²) in [5, 5.41) is 2.20. The molecule has 98 valence electrons. The molecule has 3 N–H and O–H groups in total. The standard InChI is InChI=1S/C11H11F3N2OS/c12-11(13,14)5-7-16-10(17)9-4-3-8(18-9)2-1-6-15/h3-4H,5-7,15H2,(H,16,17). The van der Waals surface area contributed by atoms with Gasteiger partial charge < -0.3 is 11.1 Å². The molecule has 1 aromatic rings. The molecule has 1 rings (SSSR count). The van der Waals surface area contributed by atoms with Crippen LogP contribution in [-0.4, -0.2) is 25.2 Å². The lowest BCUT2D eigenvalue weighted by atomic mass is 10.3. The minimum Gasteiger partial charge on any atom is -0.351 e. The lowest BCUT2D eigenvalue weighted by Crippen LogP contribution is -2.27. The van der Waals surface area contributed by atoms with Crippen molar-refractivity contribution >= 4 is 17.2 Å². The van der Waals surface area contributed by atoms with Crippen LogP contribution in [0.4, 0.5) is 13.2 Å². The van der Waals surface area contributed by atoms with E-state index in [1.165, 1.54) is 6.07 Å². The predicted molar refractivity (Wildman–Crippen MR) is 63.3 cm³/mol. The Morgan fingerprint density at radius 2 is 2.17 bits per heavy atom. The summed E-state index contributed by atoms with van der Waals surface area (Å²) in [4.78, 5) is 12.5. The van der Waals surface area contributed by atoms with Crippen molar-refractivity contribution in [2.75, 3.05) is 13.1 Å². The van der Waals surface area contributed by atoms with Crippen molar-refractivity contribution in [3.8, 4) is 11.8 Å². The molecular formula is C11H11F3N2OS. The molecule has 0 aliphatic rings. The van der Waals surface area contributed by atoms with Crippen molar-refractivity contribution in [1.29, 1.82) is 0 Å². The van der Waals surface area contributed by atoms with E-state index in [-0.39, 0.29) is 6.54 Å². The summed E-state index contributed by atoms with van der Waals surface area (Å²) >= 11 is 1.12. The summed E-state index contributed by atoms with van der Waals surface area (Å²) in [6.45, 7) is -0.213. The predicted octanol–water partition coefficient (Wildman–Crippen LogP) is 1.74. The summed E-state index contributed by atoms with van der Waals surface area (Å²) in [5.74, 6) is 4.85. The van der Waals surface area contributed by atoms with Crippen LogP contribution < -0.4 is 11.1 Å². The molecule has 0 aliphatic carbocycles. The number of rotatable bonds is 3. The topological polar surface area (TPSA) is 55.1 Å². The summed E-state index contributed by atoms with van der Waals surface area (Å²) in [6, 6.07) is 3.15. The molecule has 0 atom stereocenters. The van der Waals surface area contributed by atoms with Crippen molar-refractivity contribution in [3.63, 3.8) is 0 Å². The van der Waals surface area contributed by atoms with E-state index < -0.39 is 25.0 Å². The lowest BCUT2D eigenvalue weighted by Gasteiger charge is -2.06. The van der Waals surface area contributed by atoms with Crippen LogP contribution in [-0.2, 0) is 0 Å². The van der Waals surface area contributed by atoms with E-state index in [4.69, 9.17) is 5.73 Å². The highest BCUT2D eigenvalue weighted by atomic mass is 32.1. The number of nitrogens with two attached hydrogens (primary N) is 1. The molecule has 0 spiro atoms. The zero-order chi connectivity index (χ0) is 13.6. The smallest absolute Gasteiger partial charge is 0.351 e. The molecule has 0 saturated heterocycles. The lowest BCUT2D eigenvalue weighted by molar-refractivity contribution is -0.132. The molecule has 1 amide bonds. The molecule has 0 aromatic carbocycles. The van der Waals surface area contributed by atoms with Crippen LogP contribution in [0.25, 0.3) is 0 Å². The Morgan fingerprint density at radius 1 is 1.44 bits per heavy atom. The first-order chi connectivity index (χ1) is 8.42. The fourth-order valence-electron chi connectivity index (χ4n) is 1.07. The van der Waals surface area contributed by atoms with Gasteiger partial charge in [0.15, 0.2) is 0 Å². The summed E-state index contributed by atoms with van der Waals surface area (Å²) < 4.78 is 35.6. The molecular weight excluding hydrogens is 265 g/mol. The first-order valence-electron chi connectivity index (χ1n) is 5.06. The Hall–Kier alpha value is -1.52. The summed E-state index contributed by atoms with van der Waals surface area (Å²) in [6.07, 6.45) is -5.30. The van der Waals surface area contributed by atoms with Crippen molar-refractivity contribution in [3.05, 3.63) is 21.9 Å². The maximum atomic E-state index is 11.9. The number of halogens is 3. The molecule has 18 heavy (non-hydrogen) atoms. The number of carbonyl (C=O) groups excluding carboxylic acids is 1. The second-order valence-electron chi connectivity index (χ2n) is 3.29. The van der Waals surface area contributed by atoms with Crippen LogP contribution in [0.1, 0.15) is 21.0 Å². The molecule has 3 nitrogen and oxygen atoms in total. The Kier molecular flexibility index (Phi) is 5.19. The highest BCUT2D eigenvalue weighted by molar-refractivity contribution is 7.14. The van der Waals surface area contributed by atoms with Gasteiger partial charge >= 0.3 is 6.18 Å². The maximum absolute atomic E-state index is 11.9. The van der Waals surface area contributed by atoms with Gasteiger partial charge in [0.1, 0.15) is 0 Å². The molecule has 0 unspecified atom stereocenters. The van der Waals surface area contributed by atoms with Crippen LogP contribution in [0.5, 0.6) is 0 Å². The SMILES string of the molecule is NCC#Cc1ccc(C(=O)NCCC(F)(F)F)s1. The van der Waals surface area contributed by atoms with E-state index in [1.807, 2.05) is 0 Å². The zero-order valence-corrected chi connectivity index (χ0v) is 10.1. The van der Waals surface area contributed by atoms with Gasteiger partial charge in [0, 0.05) is 6.54 Å². The molecule has 0 radical (unpaired) electrons. The fourth-order valence-corrected chi connectivity index (χ4v) is 1.87. The Bertz CT molecular complexity index is 471. The first-order valence-corrected chi connectivity index (χ1v) is 5.88. The molecule has 0 fully saturated rings. The van der Waals surface area contributed by atoms with Gasteiger partial charge in [-0.15, -0.1) is 11.3 Å². The molecule has 0 aliphatic heterocycles. The van der Waals surface area contributed by atoms with Gasteiger partial charge in [-0.05, 0) is 12.1 Å². The Morgan fingerprint density at radius 3 is 2.78 bits per heavy atom. The van der Waals surface area contributed by atoms with Crippen LogP contribution in [0.2, 0.25) is 0 Å². The zero-order valence-electron chi connectivity index (χ0n) is 9.30. The number of amides is 1. The highest BCUT2D eigenvalue weighted by Gasteiger charge is 2.26. The normalized spacial score (nSPS) is 10.7. The molecule has 0 bridgehead atoms. The van der Waals surface area contributed by atoms with Gasteiger partial charge in [0.05, 0.1) is 22.7 Å². The quantitative estimate of drug-likeness (QED) is 0.826. The number of thiophene rings is 1. The number of carbonyl (C=O) groups is 1.